The molecule has 32 heavy (non-hydrogen) atoms. The van der Waals surface area contributed by atoms with Crippen LogP contribution in [0, 0.1) is 11.7 Å². The summed E-state index contributed by atoms with van der Waals surface area (Å²) in [4.78, 5) is 53.1. The van der Waals surface area contributed by atoms with Crippen LogP contribution in [0.4, 0.5) is 15.8 Å². The van der Waals surface area contributed by atoms with Crippen molar-refractivity contribution in [3.05, 3.63) is 72.1 Å². The van der Waals surface area contributed by atoms with Gasteiger partial charge < -0.3 is 5.32 Å². The molecule has 0 aliphatic carbocycles. The summed E-state index contributed by atoms with van der Waals surface area (Å²) in [5.41, 5.74) is -0.310. The van der Waals surface area contributed by atoms with E-state index in [9.17, 15) is 23.6 Å². The molecule has 2 aromatic carbocycles. The Morgan fingerprint density at radius 2 is 1.47 bits per heavy atom. The van der Waals surface area contributed by atoms with Crippen LogP contribution in [0.15, 0.2) is 66.2 Å². The number of hydrogen-bond acceptors (Lipinski definition) is 6. The van der Waals surface area contributed by atoms with Gasteiger partial charge in [0.25, 0.3) is 11.8 Å². The van der Waals surface area contributed by atoms with Gasteiger partial charge in [0.1, 0.15) is 17.3 Å². The smallest absolute Gasteiger partial charge is 0.270 e. The van der Waals surface area contributed by atoms with Crippen LogP contribution < -0.4 is 20.4 Å². The largest absolute Gasteiger partial charge is 0.301 e. The molecular formula is C21H13FN4O4S2. The summed E-state index contributed by atoms with van der Waals surface area (Å²) < 4.78 is 14.3. The molecule has 2 fully saturated rings. The minimum absolute atomic E-state index is 0.130. The van der Waals surface area contributed by atoms with E-state index in [-0.39, 0.29) is 15.9 Å². The van der Waals surface area contributed by atoms with E-state index in [4.69, 9.17) is 24.4 Å². The predicted molar refractivity (Wildman–Crippen MR) is 121 cm³/mol. The van der Waals surface area contributed by atoms with Crippen LogP contribution in [0.25, 0.3) is 0 Å². The highest BCUT2D eigenvalue weighted by Gasteiger charge is 2.42. The molecule has 0 bridgehead atoms. The van der Waals surface area contributed by atoms with Crippen LogP contribution in [-0.4, -0.2) is 33.9 Å². The Balaban J connectivity index is 1.73. The summed E-state index contributed by atoms with van der Waals surface area (Å²) in [5.74, 6) is -5.70. The van der Waals surface area contributed by atoms with E-state index in [0.717, 1.165) is 21.9 Å². The van der Waals surface area contributed by atoms with Crippen molar-refractivity contribution < 1.29 is 23.6 Å². The summed E-state index contributed by atoms with van der Waals surface area (Å²) in [6.45, 7) is 0. The molecule has 0 radical (unpaired) electrons. The molecule has 4 amide bonds. The Labute approximate surface area is 191 Å². The Hall–Kier alpha value is -3.83. The average molecular weight is 468 g/mol. The third-order valence-corrected chi connectivity index (χ3v) is 5.31. The monoisotopic (exact) mass is 468 g/mol. The molecule has 2 saturated heterocycles. The highest BCUT2D eigenvalue weighted by atomic mass is 32.1. The molecule has 2 N–H and O–H groups in total. The van der Waals surface area contributed by atoms with Gasteiger partial charge >= 0.3 is 0 Å². The van der Waals surface area contributed by atoms with Crippen LogP contribution in [0.3, 0.4) is 0 Å². The molecule has 2 aliphatic rings. The van der Waals surface area contributed by atoms with Gasteiger partial charge in [-0.3, -0.25) is 29.4 Å². The van der Waals surface area contributed by atoms with E-state index < -0.39 is 40.9 Å². The van der Waals surface area contributed by atoms with Crippen molar-refractivity contribution in [2.24, 2.45) is 5.92 Å². The molecule has 11 heteroatoms. The van der Waals surface area contributed by atoms with Gasteiger partial charge in [0.15, 0.2) is 10.2 Å². The SMILES string of the molecule is O=C1NC(=S)N(c2ccccc2F)C(=O)/C1=C/[C@H]1C(=O)NC(=S)N(c2ccccc2)C1=O. The van der Waals surface area contributed by atoms with Gasteiger partial charge in [-0.05, 0) is 54.8 Å². The number of nitrogens with one attached hydrogen (secondary N) is 2. The number of carbonyl (C=O) groups excluding carboxylic acids is 4. The van der Waals surface area contributed by atoms with Crippen molar-refractivity contribution in [1.82, 2.24) is 10.6 Å². The number of benzene rings is 2. The molecular weight excluding hydrogens is 455 g/mol. The summed E-state index contributed by atoms with van der Waals surface area (Å²) in [6, 6.07) is 13.7. The van der Waals surface area contributed by atoms with Gasteiger partial charge in [0, 0.05) is 0 Å². The van der Waals surface area contributed by atoms with Crippen LogP contribution in [0.5, 0.6) is 0 Å². The average Bonchev–Trinajstić information content (AvgIpc) is 2.75. The molecule has 2 heterocycles. The van der Waals surface area contributed by atoms with Crippen LogP contribution in [0.2, 0.25) is 0 Å². The summed E-state index contributed by atoms with van der Waals surface area (Å²) in [6.07, 6.45) is 0.933. The maximum absolute atomic E-state index is 14.3. The zero-order chi connectivity index (χ0) is 23.0. The zero-order valence-corrected chi connectivity index (χ0v) is 17.7. The fourth-order valence-electron chi connectivity index (χ4n) is 3.25. The van der Waals surface area contributed by atoms with Gasteiger partial charge in [-0.15, -0.1) is 0 Å². The lowest BCUT2D eigenvalue weighted by molar-refractivity contribution is -0.131. The minimum atomic E-state index is -1.53. The van der Waals surface area contributed by atoms with E-state index in [1.165, 1.54) is 18.2 Å². The Bertz CT molecular complexity index is 1230. The van der Waals surface area contributed by atoms with E-state index in [0.29, 0.717) is 5.69 Å². The maximum Gasteiger partial charge on any atom is 0.270 e. The molecule has 1 atom stereocenters. The molecule has 0 unspecified atom stereocenters. The lowest BCUT2D eigenvalue weighted by Gasteiger charge is -2.32. The molecule has 0 aromatic heterocycles. The minimum Gasteiger partial charge on any atom is -0.301 e. The van der Waals surface area contributed by atoms with E-state index >= 15 is 0 Å². The van der Waals surface area contributed by atoms with Gasteiger partial charge in [0.05, 0.1) is 11.4 Å². The Morgan fingerprint density at radius 3 is 2.16 bits per heavy atom. The molecule has 2 aromatic rings. The quantitative estimate of drug-likeness (QED) is 0.307. The number of halogens is 1. The number of hydrogen-bond donors (Lipinski definition) is 2. The van der Waals surface area contributed by atoms with Gasteiger partial charge in [-0.2, -0.15) is 0 Å². The Morgan fingerprint density at radius 1 is 0.844 bits per heavy atom. The Kier molecular flexibility index (Phi) is 5.59. The van der Waals surface area contributed by atoms with Crippen molar-refractivity contribution in [3.63, 3.8) is 0 Å². The molecule has 2 aliphatic heterocycles. The highest BCUT2D eigenvalue weighted by Crippen LogP contribution is 2.26. The van der Waals surface area contributed by atoms with Crippen LogP contribution in [-0.2, 0) is 19.2 Å². The zero-order valence-electron chi connectivity index (χ0n) is 16.1. The molecule has 0 spiro atoms. The van der Waals surface area contributed by atoms with Crippen molar-refractivity contribution in [3.8, 4) is 0 Å². The van der Waals surface area contributed by atoms with E-state index in [2.05, 4.69) is 10.6 Å². The molecule has 8 nitrogen and oxygen atoms in total. The van der Waals surface area contributed by atoms with Crippen molar-refractivity contribution >= 4 is 69.7 Å². The van der Waals surface area contributed by atoms with Crippen molar-refractivity contribution in [2.75, 3.05) is 9.80 Å². The fourth-order valence-corrected chi connectivity index (χ4v) is 3.82. The number of nitrogens with zero attached hydrogens (tertiary/aromatic N) is 2. The molecule has 160 valence electrons. The fraction of sp³-hybridized carbons (Fsp3) is 0.0476. The highest BCUT2D eigenvalue weighted by molar-refractivity contribution is 7.80. The molecule has 0 saturated carbocycles. The number of thiocarbonyl (C=S) groups is 2. The third kappa shape index (κ3) is 3.67. The predicted octanol–water partition coefficient (Wildman–Crippen LogP) is 1.56. The maximum atomic E-state index is 14.3. The van der Waals surface area contributed by atoms with Gasteiger partial charge in [-0.25, -0.2) is 9.29 Å². The number of anilines is 2. The second kappa shape index (κ2) is 8.36. The van der Waals surface area contributed by atoms with Crippen molar-refractivity contribution in [1.29, 1.82) is 0 Å². The van der Waals surface area contributed by atoms with E-state index in [1.807, 2.05) is 0 Å². The normalized spacial score (nSPS) is 20.5. The van der Waals surface area contributed by atoms with E-state index in [1.54, 1.807) is 30.3 Å². The summed E-state index contributed by atoms with van der Waals surface area (Å²) in [5, 5.41) is 4.23. The molecule has 4 rings (SSSR count). The number of para-hydroxylation sites is 2. The standard InChI is InChI=1S/C21H13FN4O4S2/c22-14-8-4-5-9-15(14)26-19(30)13(17(28)24-21(26)32)10-12-16(27)23-20(31)25(18(12)29)11-6-2-1-3-7-11/h1-10,12H,(H,23,27,31)(H,24,28,32)/b13-10+/t12-/m0/s1. The second-order valence-electron chi connectivity index (χ2n) is 6.71. The number of rotatable bonds is 3. The first-order valence-corrected chi connectivity index (χ1v) is 10.0. The number of amides is 4. The lowest BCUT2D eigenvalue weighted by Crippen LogP contribution is -2.59. The van der Waals surface area contributed by atoms with Gasteiger partial charge in [0.2, 0.25) is 11.8 Å². The summed E-state index contributed by atoms with van der Waals surface area (Å²) >= 11 is 10.2. The first kappa shape index (κ1) is 21.4. The van der Waals surface area contributed by atoms with Crippen molar-refractivity contribution in [2.45, 2.75) is 0 Å². The second-order valence-corrected chi connectivity index (χ2v) is 7.49. The third-order valence-electron chi connectivity index (χ3n) is 4.74. The first-order chi connectivity index (χ1) is 15.3. The van der Waals surface area contributed by atoms with Crippen LogP contribution in [0.1, 0.15) is 0 Å². The first-order valence-electron chi connectivity index (χ1n) is 9.19. The lowest BCUT2D eigenvalue weighted by atomic mass is 9.98. The summed E-state index contributed by atoms with van der Waals surface area (Å²) in [7, 11) is 0. The topological polar surface area (TPSA) is 98.8 Å². The van der Waals surface area contributed by atoms with Crippen LogP contribution >= 0.6 is 24.4 Å². The number of carbonyl (C=O) groups is 4. The van der Waals surface area contributed by atoms with Gasteiger partial charge in [-0.1, -0.05) is 30.3 Å².